The number of hydrogen-bond acceptors (Lipinski definition) is 2. The molecule has 2 aliphatic rings. The van der Waals surface area contributed by atoms with E-state index in [1.165, 1.54) is 12.8 Å². The largest absolute Gasteiger partial charge is 0.353 e. The monoisotopic (exact) mass is 210 g/mol. The summed E-state index contributed by atoms with van der Waals surface area (Å²) in [7, 11) is 0. The van der Waals surface area contributed by atoms with Gasteiger partial charge in [0.05, 0.1) is 5.41 Å². The van der Waals surface area contributed by atoms with E-state index in [1.807, 2.05) is 0 Å². The van der Waals surface area contributed by atoms with Crippen molar-refractivity contribution in [3.8, 4) is 0 Å². The lowest BCUT2D eigenvalue weighted by molar-refractivity contribution is -0.138. The first-order valence-electron chi connectivity index (χ1n) is 6.08. The van der Waals surface area contributed by atoms with E-state index < -0.39 is 0 Å². The molecule has 0 aliphatic heterocycles. The summed E-state index contributed by atoms with van der Waals surface area (Å²) in [6.07, 6.45) is 4.47. The molecule has 2 rings (SSSR count). The van der Waals surface area contributed by atoms with Gasteiger partial charge in [0.15, 0.2) is 0 Å². The minimum atomic E-state index is -0.234. The number of rotatable bonds is 4. The third-order valence-corrected chi connectivity index (χ3v) is 4.04. The molecule has 0 aromatic carbocycles. The van der Waals surface area contributed by atoms with Crippen LogP contribution in [0.1, 0.15) is 39.5 Å². The average Bonchev–Trinajstić information content (AvgIpc) is 2.94. The van der Waals surface area contributed by atoms with E-state index in [-0.39, 0.29) is 11.3 Å². The molecule has 2 aliphatic carbocycles. The highest BCUT2D eigenvalue weighted by Crippen LogP contribution is 2.45. The molecule has 2 fully saturated rings. The van der Waals surface area contributed by atoms with Gasteiger partial charge in [0, 0.05) is 12.6 Å². The van der Waals surface area contributed by atoms with Crippen LogP contribution in [0.4, 0.5) is 0 Å². The maximum atomic E-state index is 12.1. The molecule has 1 amide bonds. The Kier molecular flexibility index (Phi) is 2.75. The van der Waals surface area contributed by atoms with Crippen molar-refractivity contribution in [1.82, 2.24) is 5.32 Å². The molecule has 0 saturated heterocycles. The van der Waals surface area contributed by atoms with Crippen molar-refractivity contribution in [2.75, 3.05) is 6.54 Å². The minimum Gasteiger partial charge on any atom is -0.353 e. The van der Waals surface area contributed by atoms with E-state index in [4.69, 9.17) is 5.73 Å². The zero-order valence-corrected chi connectivity index (χ0v) is 9.75. The molecule has 3 N–H and O–H groups in total. The first-order chi connectivity index (χ1) is 7.07. The van der Waals surface area contributed by atoms with Crippen LogP contribution in [-0.2, 0) is 4.79 Å². The smallest absolute Gasteiger partial charge is 0.227 e. The van der Waals surface area contributed by atoms with Crippen LogP contribution in [0.2, 0.25) is 0 Å². The van der Waals surface area contributed by atoms with E-state index in [0.717, 1.165) is 18.8 Å². The molecule has 0 aromatic rings. The predicted molar refractivity (Wildman–Crippen MR) is 60.2 cm³/mol. The summed E-state index contributed by atoms with van der Waals surface area (Å²) in [6, 6.07) is 0.344. The molecule has 0 spiro atoms. The van der Waals surface area contributed by atoms with E-state index in [2.05, 4.69) is 19.2 Å². The Morgan fingerprint density at radius 3 is 2.53 bits per heavy atom. The number of nitrogens with two attached hydrogens (primary N) is 1. The molecular weight excluding hydrogens is 188 g/mol. The summed E-state index contributed by atoms with van der Waals surface area (Å²) in [5, 5.41) is 3.14. The van der Waals surface area contributed by atoms with Gasteiger partial charge >= 0.3 is 0 Å². The third kappa shape index (κ3) is 2.03. The molecule has 2 saturated carbocycles. The standard InChI is InChI=1S/C12H22N2O/c1-8-5-12(6-8,7-13)11(15)14-9(2)10-3-4-10/h8-10H,3-7,13H2,1-2H3,(H,14,15). The zero-order valence-electron chi connectivity index (χ0n) is 9.75. The van der Waals surface area contributed by atoms with Crippen molar-refractivity contribution in [3.63, 3.8) is 0 Å². The van der Waals surface area contributed by atoms with Crippen molar-refractivity contribution < 1.29 is 4.79 Å². The first-order valence-corrected chi connectivity index (χ1v) is 6.08. The van der Waals surface area contributed by atoms with Crippen molar-refractivity contribution in [2.45, 2.75) is 45.6 Å². The second-order valence-corrected chi connectivity index (χ2v) is 5.60. The normalized spacial score (nSPS) is 36.9. The molecule has 0 bridgehead atoms. The molecule has 1 atom stereocenters. The van der Waals surface area contributed by atoms with Gasteiger partial charge in [0.2, 0.25) is 5.91 Å². The molecule has 15 heavy (non-hydrogen) atoms. The second-order valence-electron chi connectivity index (χ2n) is 5.60. The Morgan fingerprint density at radius 1 is 1.53 bits per heavy atom. The first kappa shape index (κ1) is 10.9. The van der Waals surface area contributed by atoms with E-state index in [1.54, 1.807) is 0 Å². The Bertz CT molecular complexity index is 254. The quantitative estimate of drug-likeness (QED) is 0.734. The van der Waals surface area contributed by atoms with Crippen LogP contribution < -0.4 is 11.1 Å². The van der Waals surface area contributed by atoms with Gasteiger partial charge in [-0.05, 0) is 44.4 Å². The van der Waals surface area contributed by atoms with Crippen molar-refractivity contribution in [2.24, 2.45) is 23.0 Å². The average molecular weight is 210 g/mol. The van der Waals surface area contributed by atoms with Gasteiger partial charge in [-0.3, -0.25) is 4.79 Å². The van der Waals surface area contributed by atoms with E-state index in [9.17, 15) is 4.79 Å². The van der Waals surface area contributed by atoms with Gasteiger partial charge in [0.25, 0.3) is 0 Å². The SMILES string of the molecule is CC1CC(CN)(C(=O)NC(C)C2CC2)C1. The topological polar surface area (TPSA) is 55.1 Å². The van der Waals surface area contributed by atoms with Crippen LogP contribution in [0.3, 0.4) is 0 Å². The molecule has 3 heteroatoms. The molecule has 86 valence electrons. The number of hydrogen-bond donors (Lipinski definition) is 2. The van der Waals surface area contributed by atoms with Crippen molar-refractivity contribution >= 4 is 5.91 Å². The summed E-state index contributed by atoms with van der Waals surface area (Å²) in [4.78, 5) is 12.1. The number of nitrogens with one attached hydrogen (secondary N) is 1. The highest BCUT2D eigenvalue weighted by Gasteiger charge is 2.47. The van der Waals surface area contributed by atoms with Gasteiger partial charge in [-0.1, -0.05) is 6.92 Å². The molecule has 3 nitrogen and oxygen atoms in total. The molecule has 0 aromatic heterocycles. The third-order valence-electron chi connectivity index (χ3n) is 4.04. The Balaban J connectivity index is 1.88. The fourth-order valence-corrected chi connectivity index (χ4v) is 2.79. The summed E-state index contributed by atoms with van der Waals surface area (Å²) in [6.45, 7) is 4.80. The fourth-order valence-electron chi connectivity index (χ4n) is 2.79. The molecule has 0 heterocycles. The lowest BCUT2D eigenvalue weighted by atomic mass is 9.62. The Labute approximate surface area is 91.8 Å². The summed E-state index contributed by atoms with van der Waals surface area (Å²) in [5.41, 5.74) is 5.50. The van der Waals surface area contributed by atoms with Gasteiger partial charge < -0.3 is 11.1 Å². The number of amides is 1. The van der Waals surface area contributed by atoms with Crippen LogP contribution >= 0.6 is 0 Å². The molecule has 1 unspecified atom stereocenters. The Hall–Kier alpha value is -0.570. The van der Waals surface area contributed by atoms with E-state index in [0.29, 0.717) is 18.5 Å². The van der Waals surface area contributed by atoms with E-state index >= 15 is 0 Å². The van der Waals surface area contributed by atoms with Crippen LogP contribution in [0.25, 0.3) is 0 Å². The van der Waals surface area contributed by atoms with Gasteiger partial charge in [-0.25, -0.2) is 0 Å². The molecule has 0 radical (unpaired) electrons. The summed E-state index contributed by atoms with van der Waals surface area (Å²) < 4.78 is 0. The van der Waals surface area contributed by atoms with Crippen molar-refractivity contribution in [3.05, 3.63) is 0 Å². The lowest BCUT2D eigenvalue weighted by Gasteiger charge is -2.44. The van der Waals surface area contributed by atoms with Gasteiger partial charge in [-0.15, -0.1) is 0 Å². The van der Waals surface area contributed by atoms with Crippen LogP contribution in [0.5, 0.6) is 0 Å². The van der Waals surface area contributed by atoms with Crippen LogP contribution in [-0.4, -0.2) is 18.5 Å². The molecular formula is C12H22N2O. The zero-order chi connectivity index (χ0) is 11.1. The van der Waals surface area contributed by atoms with Crippen LogP contribution in [0.15, 0.2) is 0 Å². The van der Waals surface area contributed by atoms with Gasteiger partial charge in [0.1, 0.15) is 0 Å². The highest BCUT2D eigenvalue weighted by molar-refractivity contribution is 5.84. The Morgan fingerprint density at radius 2 is 2.13 bits per heavy atom. The fraction of sp³-hybridized carbons (Fsp3) is 0.917. The summed E-state index contributed by atoms with van der Waals surface area (Å²) >= 11 is 0. The predicted octanol–water partition coefficient (Wildman–Crippen LogP) is 1.28. The number of carbonyl (C=O) groups is 1. The van der Waals surface area contributed by atoms with Gasteiger partial charge in [-0.2, -0.15) is 0 Å². The highest BCUT2D eigenvalue weighted by atomic mass is 16.2. The number of carbonyl (C=O) groups excluding carboxylic acids is 1. The minimum absolute atomic E-state index is 0.197. The van der Waals surface area contributed by atoms with Crippen LogP contribution in [0, 0.1) is 17.3 Å². The lowest BCUT2D eigenvalue weighted by Crippen LogP contribution is -2.55. The summed E-state index contributed by atoms with van der Waals surface area (Å²) in [5.74, 6) is 1.58. The second kappa shape index (κ2) is 3.78. The maximum Gasteiger partial charge on any atom is 0.227 e. The van der Waals surface area contributed by atoms with Crippen molar-refractivity contribution in [1.29, 1.82) is 0 Å². The maximum absolute atomic E-state index is 12.1.